The smallest absolute Gasteiger partial charge is 0.308 e. The van der Waals surface area contributed by atoms with E-state index in [1.165, 1.54) is 0 Å². The van der Waals surface area contributed by atoms with Gasteiger partial charge in [-0.15, -0.1) is 0 Å². The van der Waals surface area contributed by atoms with Crippen molar-refractivity contribution in [3.63, 3.8) is 0 Å². The van der Waals surface area contributed by atoms with Gasteiger partial charge in [-0.3, -0.25) is 14.4 Å². The molecule has 4 aromatic rings. The van der Waals surface area contributed by atoms with Crippen LogP contribution in [0.1, 0.15) is 49.2 Å². The Morgan fingerprint density at radius 1 is 0.857 bits per heavy atom. The zero-order chi connectivity index (χ0) is 30.3. The van der Waals surface area contributed by atoms with Gasteiger partial charge in [0, 0.05) is 18.0 Å². The van der Waals surface area contributed by atoms with Crippen LogP contribution in [0.4, 0.5) is 0 Å². The lowest BCUT2D eigenvalue weighted by Gasteiger charge is -2.31. The van der Waals surface area contributed by atoms with Gasteiger partial charge in [0.15, 0.2) is 0 Å². The van der Waals surface area contributed by atoms with E-state index in [1.54, 1.807) is 22.9 Å². The number of nitrogens with zero attached hydrogens (tertiary/aromatic N) is 1. The Kier molecular flexibility index (Phi) is 9.60. The van der Waals surface area contributed by atoms with Crippen molar-refractivity contribution in [2.45, 2.75) is 45.9 Å². The van der Waals surface area contributed by atoms with E-state index in [-0.39, 0.29) is 31.0 Å². The van der Waals surface area contributed by atoms with Gasteiger partial charge in [0.05, 0.1) is 19.1 Å². The highest BCUT2D eigenvalue weighted by molar-refractivity contribution is 5.93. The number of aliphatic hydroxyl groups is 1. The summed E-state index contributed by atoms with van der Waals surface area (Å²) in [6.45, 7) is 5.68. The van der Waals surface area contributed by atoms with Crippen molar-refractivity contribution >= 4 is 17.8 Å². The van der Waals surface area contributed by atoms with Crippen molar-refractivity contribution in [2.24, 2.45) is 11.1 Å². The Morgan fingerprint density at radius 3 is 1.98 bits per heavy atom. The molecule has 8 nitrogen and oxygen atoms in total. The lowest BCUT2D eigenvalue weighted by atomic mass is 9.87. The van der Waals surface area contributed by atoms with Crippen LogP contribution in [0.5, 0.6) is 0 Å². The fourth-order valence-electron chi connectivity index (χ4n) is 4.55. The predicted octanol–water partition coefficient (Wildman–Crippen LogP) is 5.12. The van der Waals surface area contributed by atoms with Crippen molar-refractivity contribution in [3.8, 4) is 22.3 Å². The zero-order valence-corrected chi connectivity index (χ0v) is 24.1. The summed E-state index contributed by atoms with van der Waals surface area (Å²) < 4.78 is 7.20. The molecule has 4 rings (SSSR count). The van der Waals surface area contributed by atoms with Crippen LogP contribution in [-0.4, -0.2) is 40.1 Å². The number of benzene rings is 3. The molecule has 218 valence electrons. The minimum atomic E-state index is -0.874. The van der Waals surface area contributed by atoms with Crippen LogP contribution in [0.15, 0.2) is 97.3 Å². The van der Waals surface area contributed by atoms with Gasteiger partial charge in [0.1, 0.15) is 12.6 Å². The van der Waals surface area contributed by atoms with Gasteiger partial charge in [0.2, 0.25) is 11.8 Å². The SMILES string of the molecule is CC(C)(C)[C@@H](CO)NC(=O)[C@@H](CC(=O)OCc1ccccc1)n1ccc(-c2ccc(-c3ccc(C(N)=O)cc3)cc2)c1. The summed E-state index contributed by atoms with van der Waals surface area (Å²) in [6, 6.07) is 24.9. The van der Waals surface area contributed by atoms with Gasteiger partial charge in [-0.1, -0.05) is 87.5 Å². The maximum atomic E-state index is 13.5. The molecule has 0 radical (unpaired) electrons. The molecule has 4 N–H and O–H groups in total. The monoisotopic (exact) mass is 567 g/mol. The highest BCUT2D eigenvalue weighted by Crippen LogP contribution is 2.28. The normalized spacial score (nSPS) is 12.8. The van der Waals surface area contributed by atoms with Gasteiger partial charge < -0.3 is 25.5 Å². The molecule has 2 amide bonds. The minimum absolute atomic E-state index is 0.115. The molecule has 42 heavy (non-hydrogen) atoms. The van der Waals surface area contributed by atoms with Crippen molar-refractivity contribution in [2.75, 3.05) is 6.61 Å². The number of hydrogen-bond acceptors (Lipinski definition) is 5. The summed E-state index contributed by atoms with van der Waals surface area (Å²) in [5.74, 6) is -1.35. The number of rotatable bonds is 11. The zero-order valence-electron chi connectivity index (χ0n) is 24.1. The fraction of sp³-hybridized carbons (Fsp3) is 0.265. The Balaban J connectivity index is 1.53. The molecule has 0 fully saturated rings. The average molecular weight is 568 g/mol. The summed E-state index contributed by atoms with van der Waals surface area (Å²) in [5.41, 5.74) is 10.00. The molecular formula is C34H37N3O5. The molecule has 1 heterocycles. The highest BCUT2D eigenvalue weighted by atomic mass is 16.5. The maximum absolute atomic E-state index is 13.5. The number of carbonyl (C=O) groups is 3. The van der Waals surface area contributed by atoms with Gasteiger partial charge >= 0.3 is 5.97 Å². The molecule has 1 aromatic heterocycles. The van der Waals surface area contributed by atoms with E-state index in [1.807, 2.05) is 99.8 Å². The third-order valence-electron chi connectivity index (χ3n) is 7.25. The van der Waals surface area contributed by atoms with E-state index in [0.717, 1.165) is 27.8 Å². The summed E-state index contributed by atoms with van der Waals surface area (Å²) in [7, 11) is 0. The molecule has 0 aliphatic rings. The number of ether oxygens (including phenoxy) is 1. The molecular weight excluding hydrogens is 530 g/mol. The van der Waals surface area contributed by atoms with Crippen LogP contribution in [0.25, 0.3) is 22.3 Å². The van der Waals surface area contributed by atoms with E-state index < -0.39 is 24.0 Å². The largest absolute Gasteiger partial charge is 0.461 e. The van der Waals surface area contributed by atoms with Crippen LogP contribution in [0, 0.1) is 5.41 Å². The molecule has 3 aromatic carbocycles. The van der Waals surface area contributed by atoms with E-state index >= 15 is 0 Å². The molecule has 0 saturated carbocycles. The number of esters is 1. The lowest BCUT2D eigenvalue weighted by Crippen LogP contribution is -2.48. The van der Waals surface area contributed by atoms with Crippen LogP contribution in [0.2, 0.25) is 0 Å². The first-order valence-corrected chi connectivity index (χ1v) is 13.8. The number of nitrogens with one attached hydrogen (secondary N) is 1. The second-order valence-corrected chi connectivity index (χ2v) is 11.3. The molecule has 0 aliphatic carbocycles. The lowest BCUT2D eigenvalue weighted by molar-refractivity contribution is -0.148. The maximum Gasteiger partial charge on any atom is 0.308 e. The van der Waals surface area contributed by atoms with Crippen molar-refractivity contribution < 1.29 is 24.2 Å². The molecule has 0 spiro atoms. The molecule has 0 aliphatic heterocycles. The number of hydrogen-bond donors (Lipinski definition) is 3. The van der Waals surface area contributed by atoms with Gasteiger partial charge in [-0.2, -0.15) is 0 Å². The van der Waals surface area contributed by atoms with Crippen molar-refractivity contribution in [1.82, 2.24) is 9.88 Å². The summed E-state index contributed by atoms with van der Waals surface area (Å²) in [4.78, 5) is 37.7. The first-order chi connectivity index (χ1) is 20.0. The summed E-state index contributed by atoms with van der Waals surface area (Å²) >= 11 is 0. The molecule has 8 heteroatoms. The average Bonchev–Trinajstić information content (AvgIpc) is 3.47. The van der Waals surface area contributed by atoms with Crippen molar-refractivity contribution in [1.29, 1.82) is 0 Å². The quantitative estimate of drug-likeness (QED) is 0.217. The number of aliphatic hydroxyl groups excluding tert-OH is 1. The van der Waals surface area contributed by atoms with Gasteiger partial charge in [-0.25, -0.2) is 0 Å². The second kappa shape index (κ2) is 13.3. The van der Waals surface area contributed by atoms with Crippen LogP contribution in [-0.2, 0) is 20.9 Å². The number of carbonyl (C=O) groups excluding carboxylic acids is 3. The van der Waals surface area contributed by atoms with Gasteiger partial charge in [0.25, 0.3) is 0 Å². The van der Waals surface area contributed by atoms with Crippen LogP contribution >= 0.6 is 0 Å². The predicted molar refractivity (Wildman–Crippen MR) is 162 cm³/mol. The Bertz CT molecular complexity index is 1500. The molecule has 0 saturated heterocycles. The van der Waals surface area contributed by atoms with Crippen LogP contribution < -0.4 is 11.1 Å². The second-order valence-electron chi connectivity index (χ2n) is 11.3. The van der Waals surface area contributed by atoms with E-state index in [4.69, 9.17) is 10.5 Å². The minimum Gasteiger partial charge on any atom is -0.461 e. The standard InChI is InChI=1S/C34H37N3O5/c1-34(2,3)30(21-38)36-33(41)29(19-31(39)42-22-23-7-5-4-6-8-23)37-18-17-28(20-37)26-11-9-24(10-12-26)25-13-15-27(16-14-25)32(35)40/h4-18,20,29-30,38H,19,21-22H2,1-3H3,(H2,35,40)(H,36,41)/t29-,30-/m1/s1. The number of amides is 2. The Hall–Kier alpha value is -4.69. The molecule has 0 unspecified atom stereocenters. The number of aromatic nitrogens is 1. The first kappa shape index (κ1) is 30.3. The van der Waals surface area contributed by atoms with E-state index in [2.05, 4.69) is 5.32 Å². The topological polar surface area (TPSA) is 124 Å². The van der Waals surface area contributed by atoms with Gasteiger partial charge in [-0.05, 0) is 51.4 Å². The molecule has 0 bridgehead atoms. The Morgan fingerprint density at radius 2 is 1.43 bits per heavy atom. The van der Waals surface area contributed by atoms with E-state index in [9.17, 15) is 19.5 Å². The van der Waals surface area contributed by atoms with E-state index in [0.29, 0.717) is 5.56 Å². The number of nitrogens with two attached hydrogens (primary N) is 1. The molecule has 2 atom stereocenters. The van der Waals surface area contributed by atoms with Crippen LogP contribution in [0.3, 0.4) is 0 Å². The summed E-state index contributed by atoms with van der Waals surface area (Å²) in [6.07, 6.45) is 3.43. The third kappa shape index (κ3) is 7.73. The Labute approximate surface area is 246 Å². The highest BCUT2D eigenvalue weighted by Gasteiger charge is 2.31. The summed E-state index contributed by atoms with van der Waals surface area (Å²) in [5, 5.41) is 12.8. The number of primary amides is 1. The first-order valence-electron chi connectivity index (χ1n) is 13.8. The fourth-order valence-corrected chi connectivity index (χ4v) is 4.55. The third-order valence-corrected chi connectivity index (χ3v) is 7.25. The van der Waals surface area contributed by atoms with Crippen molar-refractivity contribution in [3.05, 3.63) is 108 Å².